The Labute approximate surface area is 91.9 Å². The lowest BCUT2D eigenvalue weighted by atomic mass is 10.2. The van der Waals surface area contributed by atoms with E-state index in [9.17, 15) is 4.79 Å². The molecule has 0 spiro atoms. The number of hydrogen-bond acceptors (Lipinski definition) is 4. The van der Waals surface area contributed by atoms with E-state index in [0.29, 0.717) is 17.9 Å². The summed E-state index contributed by atoms with van der Waals surface area (Å²) in [6.07, 6.45) is 4.71. The second-order valence-electron chi connectivity index (χ2n) is 3.23. The molecule has 0 aliphatic rings. The second-order valence-corrected chi connectivity index (χ2v) is 3.23. The van der Waals surface area contributed by atoms with Gasteiger partial charge in [-0.15, -0.1) is 0 Å². The van der Waals surface area contributed by atoms with Crippen LogP contribution in [0, 0.1) is 0 Å². The Bertz CT molecular complexity index is 479. The summed E-state index contributed by atoms with van der Waals surface area (Å²) >= 11 is 0. The number of H-pyrrole nitrogens is 1. The number of pyridine rings is 1. The molecule has 82 valence electrons. The summed E-state index contributed by atoms with van der Waals surface area (Å²) < 4.78 is 0. The Morgan fingerprint density at radius 3 is 3.00 bits per heavy atom. The Hall–Kier alpha value is -2.37. The van der Waals surface area contributed by atoms with Gasteiger partial charge in [0.05, 0.1) is 11.8 Å². The highest BCUT2D eigenvalue weighted by Gasteiger charge is 2.06. The first-order valence-electron chi connectivity index (χ1n) is 4.73. The second kappa shape index (κ2) is 4.43. The molecule has 0 radical (unpaired) electrons. The fourth-order valence-electron chi connectivity index (χ4n) is 1.24. The van der Waals surface area contributed by atoms with E-state index < -0.39 is 0 Å². The van der Waals surface area contributed by atoms with E-state index in [2.05, 4.69) is 20.5 Å². The maximum atomic E-state index is 11.6. The van der Waals surface area contributed by atoms with Crippen molar-refractivity contribution in [3.8, 4) is 0 Å². The molecule has 0 aromatic carbocycles. The largest absolute Gasteiger partial charge is 0.384 e. The third-order valence-corrected chi connectivity index (χ3v) is 2.11. The lowest BCUT2D eigenvalue weighted by Crippen LogP contribution is -2.23. The third kappa shape index (κ3) is 2.17. The molecule has 0 unspecified atom stereocenters. The number of nitrogens with two attached hydrogens (primary N) is 1. The maximum Gasteiger partial charge on any atom is 0.253 e. The van der Waals surface area contributed by atoms with Gasteiger partial charge in [-0.25, -0.2) is 0 Å². The number of amides is 1. The lowest BCUT2D eigenvalue weighted by molar-refractivity contribution is 0.0950. The number of nitrogen functional groups attached to an aromatic ring is 1. The number of carbonyl (C=O) groups excluding carboxylic acids is 1. The molecule has 6 heteroatoms. The highest BCUT2D eigenvalue weighted by atomic mass is 16.1. The van der Waals surface area contributed by atoms with Crippen LogP contribution in [0.2, 0.25) is 0 Å². The number of aromatic nitrogens is 3. The van der Waals surface area contributed by atoms with Crippen LogP contribution in [0.25, 0.3) is 0 Å². The Balaban J connectivity index is 1.97. The van der Waals surface area contributed by atoms with Crippen molar-refractivity contribution in [3.63, 3.8) is 0 Å². The van der Waals surface area contributed by atoms with Gasteiger partial charge in [-0.05, 0) is 12.1 Å². The highest BCUT2D eigenvalue weighted by Crippen LogP contribution is 2.05. The minimum Gasteiger partial charge on any atom is -0.384 e. The van der Waals surface area contributed by atoms with Crippen LogP contribution >= 0.6 is 0 Å². The molecule has 1 amide bonds. The van der Waals surface area contributed by atoms with Gasteiger partial charge < -0.3 is 11.1 Å². The van der Waals surface area contributed by atoms with Crippen molar-refractivity contribution in [2.75, 3.05) is 5.73 Å². The van der Waals surface area contributed by atoms with E-state index >= 15 is 0 Å². The zero-order valence-corrected chi connectivity index (χ0v) is 8.47. The minimum atomic E-state index is -0.186. The Morgan fingerprint density at radius 1 is 1.50 bits per heavy atom. The van der Waals surface area contributed by atoms with Crippen molar-refractivity contribution in [2.45, 2.75) is 6.54 Å². The van der Waals surface area contributed by atoms with Crippen LogP contribution in [0.5, 0.6) is 0 Å². The van der Waals surface area contributed by atoms with Gasteiger partial charge in [-0.1, -0.05) is 0 Å². The van der Waals surface area contributed by atoms with E-state index in [1.807, 2.05) is 0 Å². The predicted octanol–water partition coefficient (Wildman–Crippen LogP) is 0.317. The summed E-state index contributed by atoms with van der Waals surface area (Å²) in [6.45, 7) is 0.343. The van der Waals surface area contributed by atoms with Gasteiger partial charge in [0.2, 0.25) is 0 Å². The molecule has 0 saturated heterocycles. The van der Waals surface area contributed by atoms with E-state index in [4.69, 9.17) is 5.73 Å². The first-order chi connectivity index (χ1) is 7.77. The predicted molar refractivity (Wildman–Crippen MR) is 58.4 cm³/mol. The van der Waals surface area contributed by atoms with Crippen molar-refractivity contribution >= 4 is 11.7 Å². The average Bonchev–Trinajstić information content (AvgIpc) is 2.73. The van der Waals surface area contributed by atoms with Gasteiger partial charge in [0, 0.05) is 24.5 Å². The van der Waals surface area contributed by atoms with Crippen molar-refractivity contribution in [1.29, 1.82) is 0 Å². The van der Waals surface area contributed by atoms with E-state index in [-0.39, 0.29) is 5.91 Å². The van der Waals surface area contributed by atoms with Gasteiger partial charge in [0.15, 0.2) is 0 Å². The van der Waals surface area contributed by atoms with Crippen LogP contribution in [0.1, 0.15) is 15.9 Å². The molecule has 6 nitrogen and oxygen atoms in total. The van der Waals surface area contributed by atoms with Gasteiger partial charge in [-0.3, -0.25) is 14.9 Å². The van der Waals surface area contributed by atoms with Crippen LogP contribution in [-0.4, -0.2) is 21.1 Å². The maximum absolute atomic E-state index is 11.6. The van der Waals surface area contributed by atoms with Crippen molar-refractivity contribution in [2.24, 2.45) is 0 Å². The van der Waals surface area contributed by atoms with Crippen molar-refractivity contribution < 1.29 is 4.79 Å². The number of carbonyl (C=O) groups is 1. The zero-order valence-electron chi connectivity index (χ0n) is 8.47. The molecule has 0 saturated carbocycles. The monoisotopic (exact) mass is 217 g/mol. The van der Waals surface area contributed by atoms with Crippen molar-refractivity contribution in [1.82, 2.24) is 20.5 Å². The molecule has 2 rings (SSSR count). The van der Waals surface area contributed by atoms with E-state index in [1.165, 1.54) is 6.20 Å². The molecule has 4 N–H and O–H groups in total. The van der Waals surface area contributed by atoms with Crippen LogP contribution in [0.3, 0.4) is 0 Å². The average molecular weight is 217 g/mol. The Morgan fingerprint density at radius 2 is 2.38 bits per heavy atom. The van der Waals surface area contributed by atoms with Gasteiger partial charge in [0.1, 0.15) is 5.82 Å². The molecule has 16 heavy (non-hydrogen) atoms. The molecule has 0 aliphatic carbocycles. The summed E-state index contributed by atoms with van der Waals surface area (Å²) in [5.74, 6) is 0.278. The molecule has 0 bridgehead atoms. The smallest absolute Gasteiger partial charge is 0.253 e. The first kappa shape index (κ1) is 10.2. The standard InChI is InChI=1S/C10H11N5O/c11-9-8(6-14-15-9)5-13-10(16)7-2-1-3-12-4-7/h1-4,6H,5H2,(H,13,16)(H3,11,14,15). The lowest BCUT2D eigenvalue weighted by Gasteiger charge is -2.03. The molecule has 2 heterocycles. The Kier molecular flexibility index (Phi) is 2.81. The summed E-state index contributed by atoms with van der Waals surface area (Å²) in [6, 6.07) is 3.40. The van der Waals surface area contributed by atoms with Crippen LogP contribution < -0.4 is 11.1 Å². The minimum absolute atomic E-state index is 0.186. The highest BCUT2D eigenvalue weighted by molar-refractivity contribution is 5.93. The quantitative estimate of drug-likeness (QED) is 0.689. The van der Waals surface area contributed by atoms with Crippen LogP contribution in [0.4, 0.5) is 5.82 Å². The number of hydrogen-bond donors (Lipinski definition) is 3. The van der Waals surface area contributed by atoms with E-state index in [0.717, 1.165) is 5.56 Å². The summed E-state index contributed by atoms with van der Waals surface area (Å²) in [5.41, 5.74) is 6.86. The molecular weight excluding hydrogens is 206 g/mol. The first-order valence-corrected chi connectivity index (χ1v) is 4.73. The van der Waals surface area contributed by atoms with Gasteiger partial charge >= 0.3 is 0 Å². The number of nitrogens with one attached hydrogen (secondary N) is 2. The molecule has 0 atom stereocenters. The summed E-state index contributed by atoms with van der Waals surface area (Å²) in [5, 5.41) is 9.08. The fourth-order valence-corrected chi connectivity index (χ4v) is 1.24. The number of aromatic amines is 1. The number of rotatable bonds is 3. The molecule has 0 fully saturated rings. The SMILES string of the molecule is Nc1[nH]ncc1CNC(=O)c1cccnc1. The molecule has 2 aromatic rings. The van der Waals surface area contributed by atoms with E-state index in [1.54, 1.807) is 24.5 Å². The number of anilines is 1. The van der Waals surface area contributed by atoms with Gasteiger partial charge in [0.25, 0.3) is 5.91 Å². The normalized spacial score (nSPS) is 10.0. The van der Waals surface area contributed by atoms with Crippen LogP contribution in [0.15, 0.2) is 30.7 Å². The third-order valence-electron chi connectivity index (χ3n) is 2.11. The summed E-state index contributed by atoms with van der Waals surface area (Å²) in [7, 11) is 0. The summed E-state index contributed by atoms with van der Waals surface area (Å²) in [4.78, 5) is 15.5. The van der Waals surface area contributed by atoms with Crippen molar-refractivity contribution in [3.05, 3.63) is 41.9 Å². The topological polar surface area (TPSA) is 96.7 Å². The molecule has 2 aromatic heterocycles. The van der Waals surface area contributed by atoms with Crippen LogP contribution in [-0.2, 0) is 6.54 Å². The number of nitrogens with zero attached hydrogens (tertiary/aromatic N) is 2. The molecular formula is C10H11N5O. The van der Waals surface area contributed by atoms with Gasteiger partial charge in [-0.2, -0.15) is 5.10 Å². The fraction of sp³-hybridized carbons (Fsp3) is 0.100. The zero-order chi connectivity index (χ0) is 11.4. The molecule has 0 aliphatic heterocycles.